The molecule has 70 valence electrons. The molecular formula is C10H13NO2. The summed E-state index contributed by atoms with van der Waals surface area (Å²) in [4.78, 5) is 15.4. The van der Waals surface area contributed by atoms with Crippen molar-refractivity contribution in [3.8, 4) is 0 Å². The first-order chi connectivity index (χ1) is 6.25. The van der Waals surface area contributed by atoms with Gasteiger partial charge in [-0.2, -0.15) is 0 Å². The molecule has 1 rings (SSSR count). The molecule has 0 aliphatic rings. The van der Waals surface area contributed by atoms with Crippen LogP contribution in [0.4, 0.5) is 0 Å². The molecule has 3 heteroatoms. The zero-order valence-corrected chi connectivity index (χ0v) is 7.86. The van der Waals surface area contributed by atoms with Gasteiger partial charge in [0, 0.05) is 6.20 Å². The fourth-order valence-corrected chi connectivity index (χ4v) is 1.02. The van der Waals surface area contributed by atoms with Gasteiger partial charge in [0.1, 0.15) is 0 Å². The highest BCUT2D eigenvalue weighted by atomic mass is 16.5. The molecule has 0 radical (unpaired) electrons. The van der Waals surface area contributed by atoms with Crippen molar-refractivity contribution in [2.75, 3.05) is 6.61 Å². The van der Waals surface area contributed by atoms with Crippen LogP contribution in [-0.4, -0.2) is 17.6 Å². The van der Waals surface area contributed by atoms with Crippen molar-refractivity contribution < 1.29 is 9.53 Å². The second-order valence-corrected chi connectivity index (χ2v) is 2.73. The summed E-state index contributed by atoms with van der Waals surface area (Å²) in [5, 5.41) is 0. The van der Waals surface area contributed by atoms with Crippen molar-refractivity contribution in [3.63, 3.8) is 0 Å². The van der Waals surface area contributed by atoms with E-state index >= 15 is 0 Å². The number of aromatic nitrogens is 1. The minimum absolute atomic E-state index is 0.221. The van der Waals surface area contributed by atoms with Gasteiger partial charge in [-0.3, -0.25) is 9.78 Å². The molecule has 1 atom stereocenters. The van der Waals surface area contributed by atoms with Crippen molar-refractivity contribution in [2.45, 2.75) is 19.8 Å². The van der Waals surface area contributed by atoms with Crippen molar-refractivity contribution in [1.29, 1.82) is 0 Å². The fraction of sp³-hybridized carbons (Fsp3) is 0.400. The molecule has 1 aromatic heterocycles. The van der Waals surface area contributed by atoms with E-state index in [4.69, 9.17) is 4.74 Å². The topological polar surface area (TPSA) is 39.2 Å². The number of carbonyl (C=O) groups excluding carboxylic acids is 1. The van der Waals surface area contributed by atoms with Crippen molar-refractivity contribution >= 4 is 5.97 Å². The van der Waals surface area contributed by atoms with Gasteiger partial charge in [-0.05, 0) is 26.0 Å². The molecule has 0 fully saturated rings. The Hall–Kier alpha value is -1.38. The lowest BCUT2D eigenvalue weighted by molar-refractivity contribution is -0.144. The SMILES string of the molecule is CCOC(=O)[C@H](C)c1ccccn1. The molecule has 0 aliphatic heterocycles. The second kappa shape index (κ2) is 4.60. The Kier molecular flexibility index (Phi) is 3.43. The number of pyridine rings is 1. The van der Waals surface area contributed by atoms with Crippen molar-refractivity contribution in [3.05, 3.63) is 30.1 Å². The van der Waals surface area contributed by atoms with Crippen LogP contribution < -0.4 is 0 Å². The molecule has 1 aromatic rings. The van der Waals surface area contributed by atoms with Crippen molar-refractivity contribution in [1.82, 2.24) is 4.98 Å². The van der Waals surface area contributed by atoms with Gasteiger partial charge in [-0.25, -0.2) is 0 Å². The molecule has 0 N–H and O–H groups in total. The average molecular weight is 179 g/mol. The number of ether oxygens (including phenoxy) is 1. The van der Waals surface area contributed by atoms with Gasteiger partial charge in [-0.1, -0.05) is 6.07 Å². The highest BCUT2D eigenvalue weighted by molar-refractivity contribution is 5.76. The normalized spacial score (nSPS) is 12.2. The first-order valence-corrected chi connectivity index (χ1v) is 4.33. The largest absolute Gasteiger partial charge is 0.465 e. The summed E-state index contributed by atoms with van der Waals surface area (Å²) in [6, 6.07) is 5.50. The van der Waals surface area contributed by atoms with E-state index in [2.05, 4.69) is 4.98 Å². The first-order valence-electron chi connectivity index (χ1n) is 4.33. The Balaban J connectivity index is 2.68. The third-order valence-electron chi connectivity index (χ3n) is 1.77. The van der Waals surface area contributed by atoms with E-state index in [1.54, 1.807) is 20.0 Å². The summed E-state index contributed by atoms with van der Waals surface area (Å²) in [6.07, 6.45) is 1.67. The van der Waals surface area contributed by atoms with E-state index in [-0.39, 0.29) is 11.9 Å². The quantitative estimate of drug-likeness (QED) is 0.663. The number of esters is 1. The van der Waals surface area contributed by atoms with Gasteiger partial charge in [0.15, 0.2) is 0 Å². The van der Waals surface area contributed by atoms with Gasteiger partial charge in [-0.15, -0.1) is 0 Å². The molecule has 0 saturated heterocycles. The molecule has 0 amide bonds. The van der Waals surface area contributed by atoms with Crippen LogP contribution in [0, 0.1) is 0 Å². The van der Waals surface area contributed by atoms with Gasteiger partial charge in [0.2, 0.25) is 0 Å². The highest BCUT2D eigenvalue weighted by Gasteiger charge is 2.16. The third kappa shape index (κ3) is 2.54. The summed E-state index contributed by atoms with van der Waals surface area (Å²) in [5.74, 6) is -0.498. The molecule has 13 heavy (non-hydrogen) atoms. The Bertz CT molecular complexity index is 272. The smallest absolute Gasteiger partial charge is 0.314 e. The second-order valence-electron chi connectivity index (χ2n) is 2.73. The van der Waals surface area contributed by atoms with E-state index in [1.807, 2.05) is 18.2 Å². The van der Waals surface area contributed by atoms with Crippen LogP contribution in [0.5, 0.6) is 0 Å². The zero-order chi connectivity index (χ0) is 9.68. The van der Waals surface area contributed by atoms with Crippen LogP contribution in [0.15, 0.2) is 24.4 Å². The predicted octanol–water partition coefficient (Wildman–Crippen LogP) is 1.75. The van der Waals surface area contributed by atoms with Gasteiger partial charge < -0.3 is 4.74 Å². The number of carbonyl (C=O) groups is 1. The van der Waals surface area contributed by atoms with Crippen LogP contribution in [0.25, 0.3) is 0 Å². The lowest BCUT2D eigenvalue weighted by atomic mass is 10.1. The average Bonchev–Trinajstić information content (AvgIpc) is 2.18. The number of rotatable bonds is 3. The monoisotopic (exact) mass is 179 g/mol. The highest BCUT2D eigenvalue weighted by Crippen LogP contribution is 2.12. The zero-order valence-electron chi connectivity index (χ0n) is 7.86. The molecular weight excluding hydrogens is 166 g/mol. The van der Waals surface area contributed by atoms with Gasteiger partial charge >= 0.3 is 5.97 Å². The van der Waals surface area contributed by atoms with E-state index in [1.165, 1.54) is 0 Å². The molecule has 0 saturated carbocycles. The van der Waals surface area contributed by atoms with E-state index in [9.17, 15) is 4.79 Å². The van der Waals surface area contributed by atoms with Crippen LogP contribution >= 0.6 is 0 Å². The number of hydrogen-bond donors (Lipinski definition) is 0. The van der Waals surface area contributed by atoms with Crippen LogP contribution in [0.3, 0.4) is 0 Å². The maximum atomic E-state index is 11.3. The molecule has 0 unspecified atom stereocenters. The fourth-order valence-electron chi connectivity index (χ4n) is 1.02. The standard InChI is InChI=1S/C10H13NO2/c1-3-13-10(12)8(2)9-6-4-5-7-11-9/h4-8H,3H2,1-2H3/t8-/m1/s1. The van der Waals surface area contributed by atoms with Gasteiger partial charge in [0.25, 0.3) is 0 Å². The third-order valence-corrected chi connectivity index (χ3v) is 1.77. The lowest BCUT2D eigenvalue weighted by Gasteiger charge is -2.08. The summed E-state index contributed by atoms with van der Waals surface area (Å²) in [5.41, 5.74) is 0.751. The molecule has 0 bridgehead atoms. The summed E-state index contributed by atoms with van der Waals surface area (Å²) in [6.45, 7) is 4.00. The molecule has 0 aromatic carbocycles. The minimum atomic E-state index is -0.277. The first kappa shape index (κ1) is 9.71. The Labute approximate surface area is 77.8 Å². The summed E-state index contributed by atoms with van der Waals surface area (Å²) < 4.78 is 4.88. The Morgan fingerprint density at radius 3 is 2.92 bits per heavy atom. The molecule has 3 nitrogen and oxygen atoms in total. The number of hydrogen-bond acceptors (Lipinski definition) is 3. The maximum absolute atomic E-state index is 11.3. The Morgan fingerprint density at radius 2 is 2.38 bits per heavy atom. The number of nitrogens with zero attached hydrogens (tertiary/aromatic N) is 1. The van der Waals surface area contributed by atoms with Crippen molar-refractivity contribution in [2.24, 2.45) is 0 Å². The summed E-state index contributed by atoms with van der Waals surface area (Å²) >= 11 is 0. The van der Waals surface area contributed by atoms with Crippen LogP contribution in [-0.2, 0) is 9.53 Å². The predicted molar refractivity (Wildman–Crippen MR) is 49.3 cm³/mol. The summed E-state index contributed by atoms with van der Waals surface area (Å²) in [7, 11) is 0. The Morgan fingerprint density at radius 1 is 1.62 bits per heavy atom. The van der Waals surface area contributed by atoms with Gasteiger partial charge in [0.05, 0.1) is 18.2 Å². The molecule has 1 heterocycles. The minimum Gasteiger partial charge on any atom is -0.465 e. The lowest BCUT2D eigenvalue weighted by Crippen LogP contribution is -2.13. The molecule has 0 aliphatic carbocycles. The van der Waals surface area contributed by atoms with E-state index in [0.717, 1.165) is 5.69 Å². The maximum Gasteiger partial charge on any atom is 0.314 e. The van der Waals surface area contributed by atoms with Crippen LogP contribution in [0.2, 0.25) is 0 Å². The molecule has 0 spiro atoms. The van der Waals surface area contributed by atoms with E-state index in [0.29, 0.717) is 6.61 Å². The van der Waals surface area contributed by atoms with Crippen LogP contribution in [0.1, 0.15) is 25.5 Å². The van der Waals surface area contributed by atoms with E-state index < -0.39 is 0 Å².